The average molecular weight is 244 g/mol. The molecule has 3 nitrogen and oxygen atoms in total. The highest BCUT2D eigenvalue weighted by Gasteiger charge is 2.09. The molecule has 1 aliphatic rings. The van der Waals surface area contributed by atoms with E-state index < -0.39 is 5.97 Å². The van der Waals surface area contributed by atoms with Gasteiger partial charge in [-0.2, -0.15) is 0 Å². The molecule has 0 aromatic rings. The molecule has 1 fully saturated rings. The van der Waals surface area contributed by atoms with E-state index in [0.717, 1.165) is 13.0 Å². The topological polar surface area (TPSA) is 40.5 Å². The molecule has 1 aliphatic heterocycles. The van der Waals surface area contributed by atoms with Crippen LogP contribution < -0.4 is 0 Å². The second-order valence-electron chi connectivity index (χ2n) is 3.40. The quantitative estimate of drug-likeness (QED) is 0.824. The highest BCUT2D eigenvalue weighted by molar-refractivity contribution is 5.85. The smallest absolute Gasteiger partial charge is 0.303 e. The van der Waals surface area contributed by atoms with Crippen molar-refractivity contribution >= 4 is 30.8 Å². The van der Waals surface area contributed by atoms with Crippen LogP contribution in [0.5, 0.6) is 0 Å². The van der Waals surface area contributed by atoms with E-state index in [4.69, 9.17) is 5.11 Å². The third-order valence-corrected chi connectivity index (χ3v) is 2.31. The first kappa shape index (κ1) is 16.4. The maximum Gasteiger partial charge on any atom is 0.303 e. The molecular weight excluding hydrogens is 225 g/mol. The predicted molar refractivity (Wildman–Crippen MR) is 61.7 cm³/mol. The molecule has 0 saturated carbocycles. The number of likely N-dealkylation sites (tertiary alicyclic amines) is 1. The molecule has 5 heteroatoms. The van der Waals surface area contributed by atoms with Crippen molar-refractivity contribution in [1.82, 2.24) is 4.90 Å². The Morgan fingerprint density at radius 1 is 1.14 bits per heavy atom. The molecule has 86 valence electrons. The van der Waals surface area contributed by atoms with E-state index in [-0.39, 0.29) is 24.8 Å². The number of hydrogen-bond donors (Lipinski definition) is 1. The van der Waals surface area contributed by atoms with Gasteiger partial charge in [-0.05, 0) is 38.9 Å². The van der Waals surface area contributed by atoms with Crippen molar-refractivity contribution < 1.29 is 9.90 Å². The third kappa shape index (κ3) is 7.42. The molecule has 14 heavy (non-hydrogen) atoms. The van der Waals surface area contributed by atoms with Crippen molar-refractivity contribution in [3.63, 3.8) is 0 Å². The van der Waals surface area contributed by atoms with Gasteiger partial charge in [-0.1, -0.05) is 6.42 Å². The Kier molecular flexibility index (Phi) is 11.2. The van der Waals surface area contributed by atoms with Crippen LogP contribution in [0.1, 0.15) is 32.1 Å². The van der Waals surface area contributed by atoms with Crippen molar-refractivity contribution in [3.05, 3.63) is 0 Å². The molecule has 0 spiro atoms. The zero-order chi connectivity index (χ0) is 8.81. The van der Waals surface area contributed by atoms with Gasteiger partial charge in [0, 0.05) is 6.42 Å². The number of piperidine rings is 1. The van der Waals surface area contributed by atoms with Crippen LogP contribution in [0.3, 0.4) is 0 Å². The first-order valence-corrected chi connectivity index (χ1v) is 4.73. The molecule has 0 unspecified atom stereocenters. The van der Waals surface area contributed by atoms with Crippen molar-refractivity contribution in [1.29, 1.82) is 0 Å². The second-order valence-corrected chi connectivity index (χ2v) is 3.40. The van der Waals surface area contributed by atoms with Gasteiger partial charge in [-0.15, -0.1) is 24.8 Å². The van der Waals surface area contributed by atoms with Crippen molar-refractivity contribution in [3.8, 4) is 0 Å². The Bertz CT molecular complexity index is 150. The van der Waals surface area contributed by atoms with E-state index in [1.165, 1.54) is 32.4 Å². The summed E-state index contributed by atoms with van der Waals surface area (Å²) < 4.78 is 0. The summed E-state index contributed by atoms with van der Waals surface area (Å²) in [6.45, 7) is 3.30. The molecule has 1 rings (SSSR count). The van der Waals surface area contributed by atoms with Gasteiger partial charge in [0.05, 0.1) is 0 Å². The van der Waals surface area contributed by atoms with E-state index >= 15 is 0 Å². The van der Waals surface area contributed by atoms with E-state index in [1.54, 1.807) is 0 Å². The molecular formula is C9H19Cl2NO2. The summed E-state index contributed by atoms with van der Waals surface area (Å²) in [5.41, 5.74) is 0. The maximum absolute atomic E-state index is 10.2. The number of carboxylic acids is 1. The molecule has 0 aliphatic carbocycles. The van der Waals surface area contributed by atoms with Gasteiger partial charge in [0.15, 0.2) is 0 Å². The number of halogens is 2. The summed E-state index contributed by atoms with van der Waals surface area (Å²) in [5, 5.41) is 8.42. The lowest BCUT2D eigenvalue weighted by Crippen LogP contribution is -2.30. The van der Waals surface area contributed by atoms with Crippen LogP contribution >= 0.6 is 24.8 Å². The lowest BCUT2D eigenvalue weighted by molar-refractivity contribution is -0.137. The summed E-state index contributed by atoms with van der Waals surface area (Å²) in [4.78, 5) is 12.6. The minimum Gasteiger partial charge on any atom is -0.481 e. The van der Waals surface area contributed by atoms with Gasteiger partial charge in [-0.25, -0.2) is 0 Å². The standard InChI is InChI=1S/C9H17NO2.2ClH/c11-9(12)5-4-8-10-6-2-1-3-7-10;;/h1-8H2,(H,11,12);2*1H. The fourth-order valence-electron chi connectivity index (χ4n) is 1.64. The zero-order valence-corrected chi connectivity index (χ0v) is 9.91. The lowest BCUT2D eigenvalue weighted by Gasteiger charge is -2.25. The number of rotatable bonds is 4. The van der Waals surface area contributed by atoms with Crippen LogP contribution in [-0.4, -0.2) is 35.6 Å². The molecule has 1 saturated heterocycles. The molecule has 0 atom stereocenters. The molecule has 1 N–H and O–H groups in total. The van der Waals surface area contributed by atoms with E-state index in [9.17, 15) is 4.79 Å². The summed E-state index contributed by atoms with van der Waals surface area (Å²) in [6.07, 6.45) is 5.03. The molecule has 1 heterocycles. The number of carbonyl (C=O) groups is 1. The van der Waals surface area contributed by atoms with Gasteiger partial charge in [0.2, 0.25) is 0 Å². The van der Waals surface area contributed by atoms with Gasteiger partial charge < -0.3 is 10.0 Å². The van der Waals surface area contributed by atoms with Crippen LogP contribution in [0.4, 0.5) is 0 Å². The summed E-state index contributed by atoms with van der Waals surface area (Å²) in [7, 11) is 0. The Labute approximate surface area is 97.7 Å². The molecule has 0 radical (unpaired) electrons. The average Bonchev–Trinajstić information content (AvgIpc) is 2.05. The minimum absolute atomic E-state index is 0. The van der Waals surface area contributed by atoms with Gasteiger partial charge >= 0.3 is 5.97 Å². The Morgan fingerprint density at radius 2 is 1.71 bits per heavy atom. The van der Waals surface area contributed by atoms with Crippen LogP contribution in [0.2, 0.25) is 0 Å². The number of carboxylic acid groups (broad SMARTS) is 1. The fourth-order valence-corrected chi connectivity index (χ4v) is 1.64. The highest BCUT2D eigenvalue weighted by Crippen LogP contribution is 2.09. The second kappa shape index (κ2) is 9.56. The van der Waals surface area contributed by atoms with Crippen molar-refractivity contribution in [2.45, 2.75) is 32.1 Å². The largest absolute Gasteiger partial charge is 0.481 e. The van der Waals surface area contributed by atoms with Crippen molar-refractivity contribution in [2.75, 3.05) is 19.6 Å². The van der Waals surface area contributed by atoms with Crippen LogP contribution in [0.15, 0.2) is 0 Å². The first-order chi connectivity index (χ1) is 5.79. The Morgan fingerprint density at radius 3 is 2.21 bits per heavy atom. The predicted octanol–water partition coefficient (Wildman–Crippen LogP) is 2.18. The minimum atomic E-state index is -0.674. The summed E-state index contributed by atoms with van der Waals surface area (Å²) >= 11 is 0. The van der Waals surface area contributed by atoms with Crippen LogP contribution in [-0.2, 0) is 4.79 Å². The van der Waals surface area contributed by atoms with Gasteiger partial charge in [0.1, 0.15) is 0 Å². The number of nitrogens with zero attached hydrogens (tertiary/aromatic N) is 1. The van der Waals surface area contributed by atoms with Gasteiger partial charge in [0.25, 0.3) is 0 Å². The lowest BCUT2D eigenvalue weighted by atomic mass is 10.1. The highest BCUT2D eigenvalue weighted by atomic mass is 35.5. The first-order valence-electron chi connectivity index (χ1n) is 4.73. The molecule has 0 bridgehead atoms. The Hall–Kier alpha value is 0.01000. The molecule has 0 amide bonds. The van der Waals surface area contributed by atoms with E-state index in [0.29, 0.717) is 6.42 Å². The van der Waals surface area contributed by atoms with Crippen LogP contribution in [0, 0.1) is 0 Å². The zero-order valence-electron chi connectivity index (χ0n) is 8.28. The molecule has 0 aromatic heterocycles. The third-order valence-electron chi connectivity index (χ3n) is 2.31. The Balaban J connectivity index is 0. The monoisotopic (exact) mass is 243 g/mol. The van der Waals surface area contributed by atoms with E-state index in [2.05, 4.69) is 4.90 Å². The van der Waals surface area contributed by atoms with Crippen molar-refractivity contribution in [2.24, 2.45) is 0 Å². The summed E-state index contributed by atoms with van der Waals surface area (Å²) in [5.74, 6) is -0.674. The normalized spacial score (nSPS) is 16.6. The van der Waals surface area contributed by atoms with Gasteiger partial charge in [-0.3, -0.25) is 4.79 Å². The number of hydrogen-bond acceptors (Lipinski definition) is 2. The SMILES string of the molecule is Cl.Cl.O=C(O)CCCN1CCCCC1. The molecule has 0 aromatic carbocycles. The van der Waals surface area contributed by atoms with Crippen LogP contribution in [0.25, 0.3) is 0 Å². The summed E-state index contributed by atoms with van der Waals surface area (Å²) in [6, 6.07) is 0. The number of aliphatic carboxylic acids is 1. The fraction of sp³-hybridized carbons (Fsp3) is 0.889. The van der Waals surface area contributed by atoms with E-state index in [1.807, 2.05) is 0 Å². The maximum atomic E-state index is 10.2.